The van der Waals surface area contributed by atoms with Crippen LogP contribution in [0.2, 0.25) is 5.02 Å². The van der Waals surface area contributed by atoms with Crippen molar-refractivity contribution in [2.75, 3.05) is 0 Å². The average Bonchev–Trinajstić information content (AvgIpc) is 2.01. The van der Waals surface area contributed by atoms with E-state index in [1.165, 1.54) is 12.1 Å². The zero-order valence-corrected chi connectivity index (χ0v) is 8.71. The number of aliphatic hydroxyl groups is 1. The van der Waals surface area contributed by atoms with Gasteiger partial charge in [0.05, 0.1) is 0 Å². The van der Waals surface area contributed by atoms with Gasteiger partial charge in [-0.3, -0.25) is 0 Å². The van der Waals surface area contributed by atoms with E-state index in [-0.39, 0.29) is 5.56 Å². The molecule has 0 amide bonds. The van der Waals surface area contributed by atoms with Crippen molar-refractivity contribution in [3.63, 3.8) is 0 Å². The first-order chi connectivity index (χ1) is 6.00. The van der Waals surface area contributed by atoms with E-state index in [9.17, 15) is 4.79 Å². The van der Waals surface area contributed by atoms with E-state index < -0.39 is 12.1 Å². The maximum atomic E-state index is 10.4. The molecule has 0 saturated carbocycles. The number of hydrogen-bond donors (Lipinski definition) is 2. The van der Waals surface area contributed by atoms with Gasteiger partial charge in [0, 0.05) is 9.50 Å². The molecular weight excluding hydrogens is 259 g/mol. The van der Waals surface area contributed by atoms with E-state index in [1.807, 2.05) is 0 Å². The maximum Gasteiger partial charge on any atom is 0.337 e. The Morgan fingerprint density at radius 3 is 2.54 bits per heavy atom. The summed E-state index contributed by atoms with van der Waals surface area (Å²) in [4.78, 5) is 10.4. The van der Waals surface area contributed by atoms with Crippen molar-refractivity contribution >= 4 is 33.5 Å². The van der Waals surface area contributed by atoms with E-state index >= 15 is 0 Å². The lowest BCUT2D eigenvalue weighted by atomic mass is 10.1. The lowest BCUT2D eigenvalue weighted by Gasteiger charge is -2.06. The van der Waals surface area contributed by atoms with Gasteiger partial charge in [-0.1, -0.05) is 27.5 Å². The quantitative estimate of drug-likeness (QED) is 0.862. The number of aliphatic hydroxyl groups excluding tert-OH is 1. The van der Waals surface area contributed by atoms with Crippen LogP contribution in [0.1, 0.15) is 11.7 Å². The Labute approximate surface area is 88.1 Å². The molecule has 5 heteroatoms. The molecule has 0 unspecified atom stereocenters. The molecule has 0 aliphatic rings. The van der Waals surface area contributed by atoms with E-state index in [1.54, 1.807) is 6.07 Å². The van der Waals surface area contributed by atoms with Gasteiger partial charge in [-0.05, 0) is 23.8 Å². The summed E-state index contributed by atoms with van der Waals surface area (Å²) in [6.07, 6.45) is -1.53. The SMILES string of the molecule is O=C(O)[C@H](O)c1cc(Cl)cc(Br)c1. The topological polar surface area (TPSA) is 57.5 Å². The first-order valence-electron chi connectivity index (χ1n) is 3.37. The molecule has 0 bridgehead atoms. The minimum atomic E-state index is -1.53. The van der Waals surface area contributed by atoms with Gasteiger partial charge in [-0.2, -0.15) is 0 Å². The van der Waals surface area contributed by atoms with Crippen LogP contribution in [0, 0.1) is 0 Å². The fourth-order valence-corrected chi connectivity index (χ4v) is 1.76. The summed E-state index contributed by atoms with van der Waals surface area (Å²) in [5.74, 6) is -1.30. The summed E-state index contributed by atoms with van der Waals surface area (Å²) in [5, 5.41) is 18.1. The maximum absolute atomic E-state index is 10.4. The van der Waals surface area contributed by atoms with Gasteiger partial charge >= 0.3 is 5.97 Å². The van der Waals surface area contributed by atoms with Crippen molar-refractivity contribution in [2.45, 2.75) is 6.10 Å². The van der Waals surface area contributed by atoms with Crippen molar-refractivity contribution in [1.29, 1.82) is 0 Å². The van der Waals surface area contributed by atoms with Crippen molar-refractivity contribution in [2.24, 2.45) is 0 Å². The van der Waals surface area contributed by atoms with Crippen molar-refractivity contribution < 1.29 is 15.0 Å². The molecule has 1 rings (SSSR count). The summed E-state index contributed by atoms with van der Waals surface area (Å²) in [5.41, 5.74) is 0.256. The highest BCUT2D eigenvalue weighted by Crippen LogP contribution is 2.23. The van der Waals surface area contributed by atoms with Crippen LogP contribution in [0.4, 0.5) is 0 Å². The number of carboxylic acids is 1. The molecule has 2 N–H and O–H groups in total. The molecule has 1 atom stereocenters. The van der Waals surface area contributed by atoms with E-state index in [0.29, 0.717) is 9.50 Å². The molecule has 13 heavy (non-hydrogen) atoms. The lowest BCUT2D eigenvalue weighted by Crippen LogP contribution is -2.10. The fourth-order valence-electron chi connectivity index (χ4n) is 0.876. The molecule has 0 aromatic heterocycles. The minimum absolute atomic E-state index is 0.256. The summed E-state index contributed by atoms with van der Waals surface area (Å²) < 4.78 is 0.635. The van der Waals surface area contributed by atoms with Gasteiger partial charge in [0.2, 0.25) is 0 Å². The predicted octanol–water partition coefficient (Wildman–Crippen LogP) is 2.22. The van der Waals surface area contributed by atoms with Gasteiger partial charge in [0.1, 0.15) is 0 Å². The molecule has 0 aliphatic carbocycles. The van der Waals surface area contributed by atoms with Gasteiger partial charge in [-0.15, -0.1) is 0 Å². The Hall–Kier alpha value is -0.580. The van der Waals surface area contributed by atoms with Crippen molar-refractivity contribution in [1.82, 2.24) is 0 Å². The molecular formula is C8H6BrClO3. The summed E-state index contributed by atoms with van der Waals surface area (Å²) >= 11 is 8.81. The number of halogens is 2. The third-order valence-electron chi connectivity index (χ3n) is 1.43. The minimum Gasteiger partial charge on any atom is -0.479 e. The van der Waals surface area contributed by atoms with E-state index in [4.69, 9.17) is 21.8 Å². The third kappa shape index (κ3) is 2.69. The Balaban J connectivity index is 3.07. The molecule has 0 fully saturated rings. The number of carboxylic acid groups (broad SMARTS) is 1. The Kier molecular flexibility index (Phi) is 3.30. The van der Waals surface area contributed by atoms with Crippen molar-refractivity contribution in [3.8, 4) is 0 Å². The molecule has 1 aromatic carbocycles. The van der Waals surface area contributed by atoms with Crippen LogP contribution in [0.15, 0.2) is 22.7 Å². The Morgan fingerprint density at radius 1 is 1.46 bits per heavy atom. The Morgan fingerprint density at radius 2 is 2.08 bits per heavy atom. The van der Waals surface area contributed by atoms with E-state index in [0.717, 1.165) is 0 Å². The first kappa shape index (κ1) is 10.5. The number of carbonyl (C=O) groups is 1. The van der Waals surface area contributed by atoms with Gasteiger partial charge in [-0.25, -0.2) is 4.79 Å². The number of hydrogen-bond acceptors (Lipinski definition) is 2. The lowest BCUT2D eigenvalue weighted by molar-refractivity contribution is -0.146. The van der Waals surface area contributed by atoms with Crippen molar-refractivity contribution in [3.05, 3.63) is 33.3 Å². The van der Waals surface area contributed by atoms with Crippen LogP contribution in [0.3, 0.4) is 0 Å². The van der Waals surface area contributed by atoms with Crippen LogP contribution in [0.25, 0.3) is 0 Å². The van der Waals surface area contributed by atoms with Crippen LogP contribution in [-0.4, -0.2) is 16.2 Å². The molecule has 0 spiro atoms. The number of rotatable bonds is 2. The molecule has 0 heterocycles. The zero-order valence-electron chi connectivity index (χ0n) is 6.37. The van der Waals surface area contributed by atoms with Crippen LogP contribution in [-0.2, 0) is 4.79 Å². The summed E-state index contributed by atoms with van der Waals surface area (Å²) in [7, 11) is 0. The summed E-state index contributed by atoms with van der Waals surface area (Å²) in [6.45, 7) is 0. The zero-order chi connectivity index (χ0) is 10.0. The predicted molar refractivity (Wildman–Crippen MR) is 51.7 cm³/mol. The second-order valence-corrected chi connectivity index (χ2v) is 3.80. The molecule has 0 aliphatic heterocycles. The number of aliphatic carboxylic acids is 1. The largest absolute Gasteiger partial charge is 0.479 e. The highest BCUT2D eigenvalue weighted by Gasteiger charge is 2.16. The van der Waals surface area contributed by atoms with Crippen LogP contribution < -0.4 is 0 Å². The number of benzene rings is 1. The Bertz CT molecular complexity index is 320. The van der Waals surface area contributed by atoms with E-state index in [2.05, 4.69) is 15.9 Å². The molecule has 0 saturated heterocycles. The molecule has 3 nitrogen and oxygen atoms in total. The standard InChI is InChI=1S/C8H6BrClO3/c9-5-1-4(2-6(10)3-5)7(11)8(12)13/h1-3,7,11H,(H,12,13)/t7-/m1/s1. The fraction of sp³-hybridized carbons (Fsp3) is 0.125. The van der Waals surface area contributed by atoms with Gasteiger partial charge in [0.25, 0.3) is 0 Å². The average molecular weight is 265 g/mol. The second kappa shape index (κ2) is 4.09. The van der Waals surface area contributed by atoms with Crippen LogP contribution >= 0.6 is 27.5 Å². The van der Waals surface area contributed by atoms with Gasteiger partial charge in [0.15, 0.2) is 6.10 Å². The first-order valence-corrected chi connectivity index (χ1v) is 4.54. The highest BCUT2D eigenvalue weighted by atomic mass is 79.9. The summed E-state index contributed by atoms with van der Waals surface area (Å²) in [6, 6.07) is 4.52. The molecule has 70 valence electrons. The molecule has 1 aromatic rings. The third-order valence-corrected chi connectivity index (χ3v) is 2.11. The monoisotopic (exact) mass is 264 g/mol. The van der Waals surface area contributed by atoms with Crippen LogP contribution in [0.5, 0.6) is 0 Å². The second-order valence-electron chi connectivity index (χ2n) is 2.44. The highest BCUT2D eigenvalue weighted by molar-refractivity contribution is 9.10. The van der Waals surface area contributed by atoms with Gasteiger partial charge < -0.3 is 10.2 Å². The smallest absolute Gasteiger partial charge is 0.337 e. The molecule has 0 radical (unpaired) electrons. The normalized spacial score (nSPS) is 12.5.